The molecule has 3 nitrogen and oxygen atoms in total. The van der Waals surface area contributed by atoms with Gasteiger partial charge >= 0.3 is 0 Å². The summed E-state index contributed by atoms with van der Waals surface area (Å²) in [6.07, 6.45) is 2.54. The van der Waals surface area contributed by atoms with E-state index in [1.54, 1.807) is 6.07 Å². The molecule has 1 aromatic carbocycles. The van der Waals surface area contributed by atoms with Crippen LogP contribution in [0.1, 0.15) is 31.9 Å². The molecule has 1 heterocycles. The first kappa shape index (κ1) is 14.4. The average molecular weight is 297 g/mol. The van der Waals surface area contributed by atoms with E-state index in [-0.39, 0.29) is 11.9 Å². The van der Waals surface area contributed by atoms with Crippen LogP contribution >= 0.6 is 23.3 Å². The van der Waals surface area contributed by atoms with Gasteiger partial charge in [0.15, 0.2) is 4.34 Å². The third-order valence-electron chi connectivity index (χ3n) is 2.68. The van der Waals surface area contributed by atoms with Crippen molar-refractivity contribution in [1.82, 2.24) is 14.7 Å². The zero-order valence-corrected chi connectivity index (χ0v) is 12.5. The minimum absolute atomic E-state index is 0.0171. The topological polar surface area (TPSA) is 37.8 Å². The molecule has 102 valence electrons. The summed E-state index contributed by atoms with van der Waals surface area (Å²) in [6, 6.07) is 5.14. The Balaban J connectivity index is 2.25. The Morgan fingerprint density at radius 2 is 2.32 bits per heavy atom. The van der Waals surface area contributed by atoms with E-state index in [1.165, 1.54) is 35.7 Å². The second-order valence-corrected chi connectivity index (χ2v) is 6.21. The Kier molecular flexibility index (Phi) is 5.30. The van der Waals surface area contributed by atoms with Gasteiger partial charge in [0, 0.05) is 16.5 Å². The summed E-state index contributed by atoms with van der Waals surface area (Å²) in [5, 5.41) is 3.32. The second kappa shape index (κ2) is 6.98. The Hall–Kier alpha value is -0.980. The van der Waals surface area contributed by atoms with Crippen LogP contribution in [0.2, 0.25) is 0 Å². The lowest BCUT2D eigenvalue weighted by atomic mass is 10.1. The predicted molar refractivity (Wildman–Crippen MR) is 77.1 cm³/mol. The van der Waals surface area contributed by atoms with Gasteiger partial charge in [0.1, 0.15) is 12.1 Å². The van der Waals surface area contributed by atoms with Gasteiger partial charge in [0.05, 0.1) is 0 Å². The highest BCUT2D eigenvalue weighted by Crippen LogP contribution is 2.35. The first-order valence-electron chi connectivity index (χ1n) is 6.18. The fourth-order valence-electron chi connectivity index (χ4n) is 1.79. The lowest BCUT2D eigenvalue weighted by Gasteiger charge is -2.17. The Labute approximate surface area is 120 Å². The molecule has 0 aliphatic carbocycles. The molecule has 2 rings (SSSR count). The quantitative estimate of drug-likeness (QED) is 0.878. The zero-order chi connectivity index (χ0) is 13.7. The van der Waals surface area contributed by atoms with Crippen LogP contribution in [0.4, 0.5) is 4.39 Å². The van der Waals surface area contributed by atoms with E-state index in [4.69, 9.17) is 0 Å². The van der Waals surface area contributed by atoms with E-state index in [9.17, 15) is 4.39 Å². The second-order valence-electron chi connectivity index (χ2n) is 4.14. The van der Waals surface area contributed by atoms with Gasteiger partial charge in [-0.1, -0.05) is 24.8 Å². The molecular formula is C13H16FN3S2. The highest BCUT2D eigenvalue weighted by Gasteiger charge is 2.16. The van der Waals surface area contributed by atoms with Crippen LogP contribution in [-0.4, -0.2) is 15.9 Å². The van der Waals surface area contributed by atoms with Gasteiger partial charge in [-0.05, 0) is 43.6 Å². The number of halogens is 1. The maximum Gasteiger partial charge on any atom is 0.174 e. The normalized spacial score (nSPS) is 12.6. The van der Waals surface area contributed by atoms with Gasteiger partial charge in [-0.25, -0.2) is 9.37 Å². The summed E-state index contributed by atoms with van der Waals surface area (Å²) in [4.78, 5) is 5.03. The number of nitrogens with one attached hydrogen (secondary N) is 1. The highest BCUT2D eigenvalue weighted by molar-refractivity contribution is 8.01. The number of nitrogens with zero attached hydrogens (tertiary/aromatic N) is 2. The maximum atomic E-state index is 14.1. The largest absolute Gasteiger partial charge is 0.310 e. The summed E-state index contributed by atoms with van der Waals surface area (Å²) in [6.45, 7) is 4.95. The average Bonchev–Trinajstić information content (AvgIpc) is 2.89. The van der Waals surface area contributed by atoms with Crippen LogP contribution in [0.5, 0.6) is 0 Å². The van der Waals surface area contributed by atoms with Crippen molar-refractivity contribution in [3.8, 4) is 0 Å². The van der Waals surface area contributed by atoms with Gasteiger partial charge < -0.3 is 5.32 Å². The van der Waals surface area contributed by atoms with Crippen molar-refractivity contribution in [2.24, 2.45) is 0 Å². The number of hydrogen-bond acceptors (Lipinski definition) is 5. The molecule has 6 heteroatoms. The van der Waals surface area contributed by atoms with Gasteiger partial charge in [0.2, 0.25) is 0 Å². The van der Waals surface area contributed by atoms with Crippen molar-refractivity contribution < 1.29 is 4.39 Å². The van der Waals surface area contributed by atoms with Crippen LogP contribution in [0.15, 0.2) is 33.8 Å². The highest BCUT2D eigenvalue weighted by atomic mass is 32.2. The molecule has 0 spiro atoms. The number of aromatic nitrogens is 2. The van der Waals surface area contributed by atoms with Crippen molar-refractivity contribution in [3.05, 3.63) is 35.9 Å². The Bertz CT molecular complexity index is 517. The first-order valence-corrected chi connectivity index (χ1v) is 7.77. The summed E-state index contributed by atoms with van der Waals surface area (Å²) in [7, 11) is 0. The molecule has 1 N–H and O–H groups in total. The van der Waals surface area contributed by atoms with E-state index in [1.807, 2.05) is 13.0 Å². The first-order chi connectivity index (χ1) is 9.22. The fraction of sp³-hybridized carbons (Fsp3) is 0.385. The summed E-state index contributed by atoms with van der Waals surface area (Å²) in [5.41, 5.74) is 0.705. The molecule has 2 aromatic rings. The van der Waals surface area contributed by atoms with Gasteiger partial charge in [0.25, 0.3) is 0 Å². The van der Waals surface area contributed by atoms with Crippen LogP contribution in [0.25, 0.3) is 0 Å². The van der Waals surface area contributed by atoms with Gasteiger partial charge in [-0.15, -0.1) is 0 Å². The SMILES string of the molecule is CCCNC(C)c1c(F)cccc1Sc1ncns1. The van der Waals surface area contributed by atoms with Crippen LogP contribution in [0.3, 0.4) is 0 Å². The molecule has 0 fully saturated rings. The van der Waals surface area contributed by atoms with Crippen LogP contribution in [0, 0.1) is 5.82 Å². The molecule has 0 radical (unpaired) electrons. The van der Waals surface area contributed by atoms with Crippen molar-refractivity contribution in [1.29, 1.82) is 0 Å². The van der Waals surface area contributed by atoms with Crippen LogP contribution in [-0.2, 0) is 0 Å². The summed E-state index contributed by atoms with van der Waals surface area (Å²) in [5.74, 6) is -0.175. The molecule has 19 heavy (non-hydrogen) atoms. The third-order valence-corrected chi connectivity index (χ3v) is 4.48. The van der Waals surface area contributed by atoms with Crippen molar-refractivity contribution >= 4 is 23.3 Å². The van der Waals surface area contributed by atoms with Gasteiger partial charge in [-0.2, -0.15) is 4.37 Å². The van der Waals surface area contributed by atoms with E-state index in [2.05, 4.69) is 21.6 Å². The van der Waals surface area contributed by atoms with E-state index in [0.717, 1.165) is 22.2 Å². The molecule has 0 aliphatic rings. The third kappa shape index (κ3) is 3.75. The van der Waals surface area contributed by atoms with Crippen LogP contribution < -0.4 is 5.32 Å². The Morgan fingerprint density at radius 3 is 3.00 bits per heavy atom. The standard InChI is InChI=1S/C13H16FN3S2/c1-3-7-15-9(2)12-10(14)5-4-6-11(12)18-13-16-8-17-19-13/h4-6,8-9,15H,3,7H2,1-2H3. The predicted octanol–water partition coefficient (Wildman–Crippen LogP) is 3.89. The molecule has 1 atom stereocenters. The lowest BCUT2D eigenvalue weighted by Crippen LogP contribution is -2.20. The molecule has 0 amide bonds. The van der Waals surface area contributed by atoms with Crippen molar-refractivity contribution in [2.75, 3.05) is 6.54 Å². The molecule has 1 unspecified atom stereocenters. The zero-order valence-electron chi connectivity index (χ0n) is 10.9. The summed E-state index contributed by atoms with van der Waals surface area (Å²) >= 11 is 2.78. The summed E-state index contributed by atoms with van der Waals surface area (Å²) < 4.78 is 18.9. The monoisotopic (exact) mass is 297 g/mol. The minimum atomic E-state index is -0.175. The lowest BCUT2D eigenvalue weighted by molar-refractivity contribution is 0.519. The molecule has 0 saturated carbocycles. The molecule has 0 aliphatic heterocycles. The van der Waals surface area contributed by atoms with Crippen molar-refractivity contribution in [2.45, 2.75) is 35.5 Å². The molecule has 0 bridgehead atoms. The molecular weight excluding hydrogens is 281 g/mol. The van der Waals surface area contributed by atoms with E-state index < -0.39 is 0 Å². The number of hydrogen-bond donors (Lipinski definition) is 1. The fourth-order valence-corrected chi connectivity index (χ4v) is 3.44. The molecule has 0 saturated heterocycles. The smallest absolute Gasteiger partial charge is 0.174 e. The van der Waals surface area contributed by atoms with Crippen molar-refractivity contribution in [3.63, 3.8) is 0 Å². The maximum absolute atomic E-state index is 14.1. The van der Waals surface area contributed by atoms with E-state index in [0.29, 0.717) is 5.56 Å². The molecule has 1 aromatic heterocycles. The van der Waals surface area contributed by atoms with E-state index >= 15 is 0 Å². The number of rotatable bonds is 6. The Morgan fingerprint density at radius 1 is 1.47 bits per heavy atom. The van der Waals surface area contributed by atoms with Gasteiger partial charge in [-0.3, -0.25) is 0 Å². The number of benzene rings is 1. The minimum Gasteiger partial charge on any atom is -0.310 e.